The second-order valence-corrected chi connectivity index (χ2v) is 6.75. The lowest BCUT2D eigenvalue weighted by molar-refractivity contribution is -0.138. The number of benzene rings is 1. The fourth-order valence-corrected chi connectivity index (χ4v) is 3.70. The molecule has 1 saturated heterocycles. The van der Waals surface area contributed by atoms with Gasteiger partial charge in [-0.05, 0) is 62.5 Å². The molecule has 4 nitrogen and oxygen atoms in total. The molecule has 1 fully saturated rings. The minimum atomic E-state index is -0.0840. The number of likely N-dealkylation sites (tertiary alicyclic amines) is 1. The summed E-state index contributed by atoms with van der Waals surface area (Å²) in [6.07, 6.45) is 3.01. The Morgan fingerprint density at radius 3 is 3.18 bits per heavy atom. The van der Waals surface area contributed by atoms with Crippen molar-refractivity contribution >= 4 is 17.5 Å². The van der Waals surface area contributed by atoms with Crippen LogP contribution >= 0.6 is 11.6 Å². The van der Waals surface area contributed by atoms with Crippen molar-refractivity contribution in [2.24, 2.45) is 11.8 Å². The van der Waals surface area contributed by atoms with Crippen molar-refractivity contribution in [3.63, 3.8) is 0 Å². The molecular weight excluding hydrogens is 300 g/mol. The number of halogens is 1. The number of hydrogen-bond donors (Lipinski definition) is 1. The molecule has 2 unspecified atom stereocenters. The average molecular weight is 323 g/mol. The van der Waals surface area contributed by atoms with Gasteiger partial charge in [-0.25, -0.2) is 0 Å². The van der Waals surface area contributed by atoms with Crippen molar-refractivity contribution in [2.45, 2.75) is 19.3 Å². The van der Waals surface area contributed by atoms with Crippen LogP contribution in [0.5, 0.6) is 5.75 Å². The van der Waals surface area contributed by atoms with Crippen LogP contribution in [0.25, 0.3) is 0 Å². The first-order valence-electron chi connectivity index (χ1n) is 8.02. The van der Waals surface area contributed by atoms with Gasteiger partial charge in [0.1, 0.15) is 12.4 Å². The molecule has 0 bridgehead atoms. The number of piperidine rings is 1. The van der Waals surface area contributed by atoms with Crippen molar-refractivity contribution in [1.29, 1.82) is 0 Å². The van der Waals surface area contributed by atoms with Crippen molar-refractivity contribution in [2.75, 3.05) is 33.3 Å². The summed E-state index contributed by atoms with van der Waals surface area (Å²) in [6.45, 7) is 3.18. The lowest BCUT2D eigenvalue weighted by Crippen LogP contribution is -2.47. The van der Waals surface area contributed by atoms with Crippen LogP contribution in [0.1, 0.15) is 18.4 Å². The topological polar surface area (TPSA) is 41.6 Å². The first-order chi connectivity index (χ1) is 10.7. The highest BCUT2D eigenvalue weighted by molar-refractivity contribution is 6.30. The van der Waals surface area contributed by atoms with Gasteiger partial charge in [0.05, 0.1) is 5.92 Å². The number of nitrogens with zero attached hydrogens (tertiary/aromatic N) is 1. The fourth-order valence-electron chi connectivity index (χ4n) is 3.50. The van der Waals surface area contributed by atoms with E-state index in [0.29, 0.717) is 17.5 Å². The summed E-state index contributed by atoms with van der Waals surface area (Å²) >= 11 is 6.05. The normalized spacial score (nSPS) is 24.5. The molecule has 1 amide bonds. The first kappa shape index (κ1) is 15.6. The number of fused-ring (bicyclic) bond motifs is 1. The van der Waals surface area contributed by atoms with Gasteiger partial charge in [-0.2, -0.15) is 0 Å². The molecule has 0 radical (unpaired) electrons. The van der Waals surface area contributed by atoms with Gasteiger partial charge in [0, 0.05) is 18.1 Å². The second-order valence-electron chi connectivity index (χ2n) is 6.31. The van der Waals surface area contributed by atoms with E-state index in [0.717, 1.165) is 43.8 Å². The molecule has 2 heterocycles. The lowest BCUT2D eigenvalue weighted by Gasteiger charge is -2.36. The number of carbonyl (C=O) groups excluding carboxylic acids is 1. The summed E-state index contributed by atoms with van der Waals surface area (Å²) in [5.74, 6) is 1.57. The van der Waals surface area contributed by atoms with E-state index in [2.05, 4.69) is 5.32 Å². The van der Waals surface area contributed by atoms with E-state index in [4.69, 9.17) is 16.3 Å². The van der Waals surface area contributed by atoms with Crippen molar-refractivity contribution in [1.82, 2.24) is 10.2 Å². The monoisotopic (exact) mass is 322 g/mol. The molecule has 2 aliphatic heterocycles. The molecule has 0 aliphatic carbocycles. The summed E-state index contributed by atoms with van der Waals surface area (Å²) < 4.78 is 5.76. The highest BCUT2D eigenvalue weighted by atomic mass is 35.5. The Labute approximate surface area is 136 Å². The number of amides is 1. The van der Waals surface area contributed by atoms with Gasteiger partial charge in [-0.1, -0.05) is 11.6 Å². The molecule has 0 saturated carbocycles. The van der Waals surface area contributed by atoms with E-state index >= 15 is 0 Å². The Bertz CT molecular complexity index is 547. The Hall–Kier alpha value is -1.26. The minimum Gasteiger partial charge on any atom is -0.492 e. The molecule has 0 aromatic heterocycles. The van der Waals surface area contributed by atoms with Gasteiger partial charge in [-0.15, -0.1) is 0 Å². The summed E-state index contributed by atoms with van der Waals surface area (Å²) in [7, 11) is 1.97. The van der Waals surface area contributed by atoms with Crippen LogP contribution in [-0.4, -0.2) is 44.1 Å². The zero-order valence-corrected chi connectivity index (χ0v) is 13.7. The van der Waals surface area contributed by atoms with Crippen molar-refractivity contribution in [3.05, 3.63) is 28.8 Å². The highest BCUT2D eigenvalue weighted by Crippen LogP contribution is 2.31. The van der Waals surface area contributed by atoms with Crippen LogP contribution in [0.3, 0.4) is 0 Å². The van der Waals surface area contributed by atoms with Gasteiger partial charge in [0.2, 0.25) is 5.91 Å². The number of hydrogen-bond acceptors (Lipinski definition) is 3. The van der Waals surface area contributed by atoms with Gasteiger partial charge in [-0.3, -0.25) is 4.79 Å². The molecular formula is C17H23ClN2O2. The summed E-state index contributed by atoms with van der Waals surface area (Å²) in [5, 5.41) is 3.92. The summed E-state index contributed by atoms with van der Waals surface area (Å²) in [6, 6.07) is 5.63. The van der Waals surface area contributed by atoms with Crippen LogP contribution in [-0.2, 0) is 11.2 Å². The SMILES string of the molecule is CNCC1CCCN(C(=O)C2COc3ccc(Cl)cc3C2)C1. The predicted octanol–water partition coefficient (Wildman–Crippen LogP) is 2.35. The van der Waals surface area contributed by atoms with Crippen LogP contribution in [0.4, 0.5) is 0 Å². The standard InChI is InChI=1S/C17H23ClN2O2/c1-19-9-12-3-2-6-20(10-12)17(21)14-7-13-8-15(18)4-5-16(13)22-11-14/h4-5,8,12,14,19H,2-3,6-7,9-11H2,1H3. The van der Waals surface area contributed by atoms with E-state index in [9.17, 15) is 4.79 Å². The van der Waals surface area contributed by atoms with Crippen LogP contribution < -0.4 is 10.1 Å². The maximum absolute atomic E-state index is 12.8. The number of rotatable bonds is 3. The lowest BCUT2D eigenvalue weighted by atomic mass is 9.92. The Morgan fingerprint density at radius 2 is 2.36 bits per heavy atom. The second kappa shape index (κ2) is 6.88. The van der Waals surface area contributed by atoms with Gasteiger partial charge in [0.15, 0.2) is 0 Å². The Balaban J connectivity index is 1.66. The number of ether oxygens (including phenoxy) is 1. The van der Waals surface area contributed by atoms with Gasteiger partial charge in [0.25, 0.3) is 0 Å². The molecule has 120 valence electrons. The molecule has 0 spiro atoms. The van der Waals surface area contributed by atoms with Crippen LogP contribution in [0.15, 0.2) is 18.2 Å². The minimum absolute atomic E-state index is 0.0840. The summed E-state index contributed by atoms with van der Waals surface area (Å²) in [5.41, 5.74) is 1.04. The Morgan fingerprint density at radius 1 is 1.50 bits per heavy atom. The number of carbonyl (C=O) groups is 1. The summed E-state index contributed by atoms with van der Waals surface area (Å²) in [4.78, 5) is 14.8. The largest absolute Gasteiger partial charge is 0.492 e. The third-order valence-electron chi connectivity index (χ3n) is 4.60. The molecule has 2 aliphatic rings. The zero-order valence-electron chi connectivity index (χ0n) is 13.0. The quantitative estimate of drug-likeness (QED) is 0.929. The molecule has 5 heteroatoms. The third kappa shape index (κ3) is 3.39. The number of nitrogens with one attached hydrogen (secondary N) is 1. The molecule has 3 rings (SSSR count). The smallest absolute Gasteiger partial charge is 0.229 e. The third-order valence-corrected chi connectivity index (χ3v) is 4.84. The highest BCUT2D eigenvalue weighted by Gasteiger charge is 2.32. The van der Waals surface area contributed by atoms with Crippen LogP contribution in [0, 0.1) is 11.8 Å². The predicted molar refractivity (Wildman–Crippen MR) is 87.4 cm³/mol. The maximum Gasteiger partial charge on any atom is 0.229 e. The van der Waals surface area contributed by atoms with E-state index < -0.39 is 0 Å². The molecule has 1 aromatic carbocycles. The van der Waals surface area contributed by atoms with E-state index in [1.807, 2.05) is 30.1 Å². The molecule has 1 N–H and O–H groups in total. The molecule has 2 atom stereocenters. The van der Waals surface area contributed by atoms with Gasteiger partial charge >= 0.3 is 0 Å². The van der Waals surface area contributed by atoms with Crippen molar-refractivity contribution in [3.8, 4) is 5.75 Å². The first-order valence-corrected chi connectivity index (χ1v) is 8.39. The van der Waals surface area contributed by atoms with Gasteiger partial charge < -0.3 is 15.0 Å². The van der Waals surface area contributed by atoms with Crippen molar-refractivity contribution < 1.29 is 9.53 Å². The van der Waals surface area contributed by atoms with E-state index in [-0.39, 0.29) is 11.8 Å². The molecule has 1 aromatic rings. The average Bonchev–Trinajstić information content (AvgIpc) is 2.54. The van der Waals surface area contributed by atoms with E-state index in [1.165, 1.54) is 6.42 Å². The molecule has 22 heavy (non-hydrogen) atoms. The maximum atomic E-state index is 12.8. The van der Waals surface area contributed by atoms with E-state index in [1.54, 1.807) is 0 Å². The Kier molecular flexibility index (Phi) is 4.89. The van der Waals surface area contributed by atoms with Crippen LogP contribution in [0.2, 0.25) is 5.02 Å². The zero-order chi connectivity index (χ0) is 15.5. The fraction of sp³-hybridized carbons (Fsp3) is 0.588.